The Morgan fingerprint density at radius 1 is 1.15 bits per heavy atom. The molecule has 0 aliphatic rings. The molecule has 0 saturated heterocycles. The molecule has 2 N–H and O–H groups in total. The van der Waals surface area contributed by atoms with Crippen LogP contribution < -0.4 is 4.72 Å². The van der Waals surface area contributed by atoms with Gasteiger partial charge >= 0.3 is 6.18 Å². The van der Waals surface area contributed by atoms with Gasteiger partial charge in [-0.15, -0.1) is 11.3 Å². The number of H-pyrrole nitrogens is 1. The van der Waals surface area contributed by atoms with E-state index in [9.17, 15) is 21.6 Å². The van der Waals surface area contributed by atoms with Gasteiger partial charge in [0.2, 0.25) is 0 Å². The largest absolute Gasteiger partial charge is 0.416 e. The zero-order valence-electron chi connectivity index (χ0n) is 13.7. The summed E-state index contributed by atoms with van der Waals surface area (Å²) in [5, 5.41) is 6.98. The Kier molecular flexibility index (Phi) is 4.57. The molecular weight excluding hydrogens is 387 g/mol. The third-order valence-electron chi connectivity index (χ3n) is 3.77. The Labute approximate surface area is 151 Å². The topological polar surface area (TPSA) is 74.8 Å². The minimum absolute atomic E-state index is 0.00929. The third kappa shape index (κ3) is 3.61. The Morgan fingerprint density at radius 3 is 2.50 bits per heavy atom. The highest BCUT2D eigenvalue weighted by molar-refractivity contribution is 7.94. The quantitative estimate of drug-likeness (QED) is 0.672. The molecule has 0 amide bonds. The molecule has 5 nitrogen and oxygen atoms in total. The highest BCUT2D eigenvalue weighted by atomic mass is 32.2. The summed E-state index contributed by atoms with van der Waals surface area (Å²) < 4.78 is 65.5. The SMILES string of the molecule is Cc1[nH]nc(-c2ccc(S(=O)(=O)Nc3cccc(C(F)(F)F)c3)s2)c1C. The number of aromatic amines is 1. The van der Waals surface area contributed by atoms with Gasteiger partial charge in [0.15, 0.2) is 0 Å². The molecule has 10 heteroatoms. The van der Waals surface area contributed by atoms with Crippen molar-refractivity contribution >= 4 is 27.0 Å². The summed E-state index contributed by atoms with van der Waals surface area (Å²) in [5.41, 5.74) is 1.35. The number of benzene rings is 1. The monoisotopic (exact) mass is 401 g/mol. The number of aromatic nitrogens is 2. The third-order valence-corrected chi connectivity index (χ3v) is 6.74. The van der Waals surface area contributed by atoms with Gasteiger partial charge in [-0.25, -0.2) is 8.42 Å². The number of rotatable bonds is 4. The van der Waals surface area contributed by atoms with Crippen LogP contribution in [0.3, 0.4) is 0 Å². The van der Waals surface area contributed by atoms with E-state index in [1.807, 2.05) is 13.8 Å². The second-order valence-electron chi connectivity index (χ2n) is 5.62. The first-order valence-corrected chi connectivity index (χ1v) is 9.70. The lowest BCUT2D eigenvalue weighted by molar-refractivity contribution is -0.137. The standard InChI is InChI=1S/C16H14F3N3O2S2/c1-9-10(2)20-21-15(9)13-6-7-14(25-13)26(23,24)22-12-5-3-4-11(8-12)16(17,18)19/h3-8,22H,1-2H3,(H,20,21). The van der Waals surface area contributed by atoms with Gasteiger partial charge in [0.05, 0.1) is 10.4 Å². The lowest BCUT2D eigenvalue weighted by Crippen LogP contribution is -2.12. The molecule has 0 unspecified atom stereocenters. The van der Waals surface area contributed by atoms with E-state index >= 15 is 0 Å². The van der Waals surface area contributed by atoms with E-state index in [4.69, 9.17) is 0 Å². The van der Waals surface area contributed by atoms with Gasteiger partial charge in [0.1, 0.15) is 9.90 Å². The van der Waals surface area contributed by atoms with Crippen LogP contribution in [0.1, 0.15) is 16.8 Å². The van der Waals surface area contributed by atoms with Crippen LogP contribution >= 0.6 is 11.3 Å². The summed E-state index contributed by atoms with van der Waals surface area (Å²) in [6.07, 6.45) is -4.55. The number of alkyl halides is 3. The molecule has 3 rings (SSSR count). The molecule has 0 radical (unpaired) electrons. The van der Waals surface area contributed by atoms with Crippen LogP contribution in [0.2, 0.25) is 0 Å². The van der Waals surface area contributed by atoms with E-state index in [1.54, 1.807) is 6.07 Å². The zero-order chi connectivity index (χ0) is 19.1. The van der Waals surface area contributed by atoms with Gasteiger partial charge in [0, 0.05) is 11.4 Å². The predicted molar refractivity (Wildman–Crippen MR) is 93.6 cm³/mol. The van der Waals surface area contributed by atoms with Crippen molar-refractivity contribution in [2.24, 2.45) is 0 Å². The molecule has 0 spiro atoms. The number of halogens is 3. The highest BCUT2D eigenvalue weighted by Gasteiger charge is 2.31. The molecular formula is C16H14F3N3O2S2. The number of thiophene rings is 1. The lowest BCUT2D eigenvalue weighted by Gasteiger charge is -2.10. The van der Waals surface area contributed by atoms with Crippen molar-refractivity contribution in [2.75, 3.05) is 4.72 Å². The molecule has 0 fully saturated rings. The minimum Gasteiger partial charge on any atom is -0.282 e. The molecule has 0 atom stereocenters. The lowest BCUT2D eigenvalue weighted by atomic mass is 10.2. The molecule has 0 aliphatic carbocycles. The highest BCUT2D eigenvalue weighted by Crippen LogP contribution is 2.34. The fraction of sp³-hybridized carbons (Fsp3) is 0.188. The minimum atomic E-state index is -4.55. The smallest absolute Gasteiger partial charge is 0.282 e. The van der Waals surface area contributed by atoms with Crippen molar-refractivity contribution < 1.29 is 21.6 Å². The molecule has 0 bridgehead atoms. The average Bonchev–Trinajstić information content (AvgIpc) is 3.15. The second kappa shape index (κ2) is 6.44. The molecule has 2 aromatic heterocycles. The Morgan fingerprint density at radius 2 is 1.88 bits per heavy atom. The van der Waals surface area contributed by atoms with Crippen molar-refractivity contribution in [3.63, 3.8) is 0 Å². The van der Waals surface area contributed by atoms with Crippen molar-refractivity contribution in [2.45, 2.75) is 24.2 Å². The molecule has 26 heavy (non-hydrogen) atoms. The van der Waals surface area contributed by atoms with Gasteiger partial charge < -0.3 is 0 Å². The van der Waals surface area contributed by atoms with Crippen LogP contribution in [0.15, 0.2) is 40.6 Å². The van der Waals surface area contributed by atoms with Crippen molar-refractivity contribution in [3.05, 3.63) is 53.2 Å². The molecule has 1 aromatic carbocycles. The second-order valence-corrected chi connectivity index (χ2v) is 8.62. The number of nitrogens with zero attached hydrogens (tertiary/aromatic N) is 1. The van der Waals surface area contributed by atoms with Crippen LogP contribution in [0.5, 0.6) is 0 Å². The van der Waals surface area contributed by atoms with Gasteiger partial charge in [-0.05, 0) is 49.7 Å². The van der Waals surface area contributed by atoms with E-state index in [0.29, 0.717) is 10.6 Å². The normalized spacial score (nSPS) is 12.3. The maximum absolute atomic E-state index is 12.8. The number of hydrogen-bond acceptors (Lipinski definition) is 4. The van der Waals surface area contributed by atoms with Crippen molar-refractivity contribution in [1.82, 2.24) is 10.2 Å². The number of hydrogen-bond donors (Lipinski definition) is 2. The van der Waals surface area contributed by atoms with E-state index in [-0.39, 0.29) is 9.90 Å². The van der Waals surface area contributed by atoms with Gasteiger partial charge in [-0.3, -0.25) is 9.82 Å². The van der Waals surface area contributed by atoms with Gasteiger partial charge in [-0.2, -0.15) is 18.3 Å². The Hall–Kier alpha value is -2.33. The fourth-order valence-electron chi connectivity index (χ4n) is 2.28. The molecule has 0 saturated carbocycles. The predicted octanol–water partition coefficient (Wildman–Crippen LogP) is 4.57. The van der Waals surface area contributed by atoms with E-state index in [1.165, 1.54) is 12.1 Å². The fourth-order valence-corrected chi connectivity index (χ4v) is 4.68. The summed E-state index contributed by atoms with van der Waals surface area (Å²) in [5.74, 6) is 0. The Bertz CT molecular complexity index is 1050. The molecule has 2 heterocycles. The van der Waals surface area contributed by atoms with E-state index < -0.39 is 21.8 Å². The first-order valence-electron chi connectivity index (χ1n) is 7.40. The summed E-state index contributed by atoms with van der Waals surface area (Å²) in [4.78, 5) is 0.649. The summed E-state index contributed by atoms with van der Waals surface area (Å²) >= 11 is 0.994. The van der Waals surface area contributed by atoms with Crippen LogP contribution in [0.4, 0.5) is 18.9 Å². The van der Waals surface area contributed by atoms with E-state index in [0.717, 1.165) is 40.8 Å². The van der Waals surface area contributed by atoms with Crippen LogP contribution in [0.25, 0.3) is 10.6 Å². The van der Waals surface area contributed by atoms with Gasteiger partial charge in [-0.1, -0.05) is 6.07 Å². The van der Waals surface area contributed by atoms with Crippen molar-refractivity contribution in [1.29, 1.82) is 0 Å². The van der Waals surface area contributed by atoms with Crippen LogP contribution in [-0.2, 0) is 16.2 Å². The number of aryl methyl sites for hydroxylation is 1. The summed E-state index contributed by atoms with van der Waals surface area (Å²) in [6.45, 7) is 3.72. The first-order chi connectivity index (χ1) is 12.1. The Balaban J connectivity index is 1.89. The first kappa shape index (κ1) is 18.5. The average molecular weight is 401 g/mol. The molecule has 138 valence electrons. The van der Waals surface area contributed by atoms with E-state index in [2.05, 4.69) is 14.9 Å². The van der Waals surface area contributed by atoms with Crippen LogP contribution in [-0.4, -0.2) is 18.6 Å². The van der Waals surface area contributed by atoms with Crippen molar-refractivity contribution in [3.8, 4) is 10.6 Å². The maximum atomic E-state index is 12.8. The van der Waals surface area contributed by atoms with Crippen LogP contribution in [0, 0.1) is 13.8 Å². The maximum Gasteiger partial charge on any atom is 0.416 e. The number of anilines is 1. The van der Waals surface area contributed by atoms with Gasteiger partial charge in [0.25, 0.3) is 10.0 Å². The summed E-state index contributed by atoms with van der Waals surface area (Å²) in [6, 6.07) is 7.07. The molecule has 3 aromatic rings. The zero-order valence-corrected chi connectivity index (χ0v) is 15.3. The number of sulfonamides is 1. The molecule has 0 aliphatic heterocycles. The number of nitrogens with one attached hydrogen (secondary N) is 2. The summed E-state index contributed by atoms with van der Waals surface area (Å²) in [7, 11) is -4.01.